The molecule has 0 amide bonds. The Kier molecular flexibility index (Phi) is 3.83. The van der Waals surface area contributed by atoms with Crippen LogP contribution in [0, 0.1) is 0 Å². The molecule has 21 heavy (non-hydrogen) atoms. The van der Waals surface area contributed by atoms with Gasteiger partial charge in [-0.1, -0.05) is 25.1 Å². The minimum Gasteiger partial charge on any atom is -0.480 e. The van der Waals surface area contributed by atoms with E-state index in [1.54, 1.807) is 25.8 Å². The Morgan fingerprint density at radius 3 is 2.86 bits per heavy atom. The summed E-state index contributed by atoms with van der Waals surface area (Å²) in [5.41, 5.74) is 2.65. The van der Waals surface area contributed by atoms with Crippen LogP contribution in [0.1, 0.15) is 24.2 Å². The number of hydrogen-bond donors (Lipinski definition) is 1. The first kappa shape index (κ1) is 13.6. The lowest BCUT2D eigenvalue weighted by Gasteiger charge is -2.18. The molecule has 0 aliphatic heterocycles. The lowest BCUT2D eigenvalue weighted by Crippen LogP contribution is -2.23. The van der Waals surface area contributed by atoms with Gasteiger partial charge in [-0.15, -0.1) is 0 Å². The highest BCUT2D eigenvalue weighted by molar-refractivity contribution is 5.81. The number of ether oxygens (including phenoxy) is 1. The Balaban J connectivity index is 2.13. The number of furan rings is 1. The Hall–Kier alpha value is -2.40. The van der Waals surface area contributed by atoms with Gasteiger partial charge in [0.25, 0.3) is 0 Å². The average molecular weight is 283 g/mol. The molecule has 0 saturated heterocycles. The molecule has 1 atom stereocenters. The molecule has 3 rings (SSSR count). The number of methoxy groups -OCH3 is 1. The van der Waals surface area contributed by atoms with E-state index in [1.165, 1.54) is 0 Å². The number of fused-ring (bicyclic) bond motifs is 1. The molecule has 2 aromatic heterocycles. The van der Waals surface area contributed by atoms with Crippen LogP contribution in [0.25, 0.3) is 11.0 Å². The van der Waals surface area contributed by atoms with Crippen LogP contribution in [0.5, 0.6) is 5.88 Å². The Bertz CT molecular complexity index is 739. The van der Waals surface area contributed by atoms with Crippen molar-refractivity contribution in [2.24, 2.45) is 0 Å². The highest BCUT2D eigenvalue weighted by Gasteiger charge is 2.23. The molecule has 1 aromatic carbocycles. The average Bonchev–Trinajstić information content (AvgIpc) is 2.96. The van der Waals surface area contributed by atoms with Crippen molar-refractivity contribution in [1.82, 2.24) is 15.3 Å². The standard InChI is InChI=1S/C16H17N3O2/c1-3-17-14(15-16(20-2)19-9-8-18-15)12-10-21-13-7-5-4-6-11(12)13/h4-10,14,17H,3H2,1-2H3. The maximum Gasteiger partial charge on any atom is 0.237 e. The van der Waals surface area contributed by atoms with E-state index in [-0.39, 0.29) is 6.04 Å². The van der Waals surface area contributed by atoms with Gasteiger partial charge >= 0.3 is 0 Å². The van der Waals surface area contributed by atoms with E-state index in [9.17, 15) is 0 Å². The van der Waals surface area contributed by atoms with Gasteiger partial charge in [0.1, 0.15) is 11.3 Å². The van der Waals surface area contributed by atoms with Gasteiger partial charge in [-0.05, 0) is 12.6 Å². The van der Waals surface area contributed by atoms with Gasteiger partial charge in [-0.3, -0.25) is 4.98 Å². The van der Waals surface area contributed by atoms with Crippen molar-refractivity contribution in [3.63, 3.8) is 0 Å². The van der Waals surface area contributed by atoms with Gasteiger partial charge in [-0.25, -0.2) is 4.98 Å². The van der Waals surface area contributed by atoms with Gasteiger partial charge < -0.3 is 14.5 Å². The smallest absolute Gasteiger partial charge is 0.237 e. The maximum absolute atomic E-state index is 5.64. The number of aromatic nitrogens is 2. The van der Waals surface area contributed by atoms with Crippen LogP contribution in [0.4, 0.5) is 0 Å². The van der Waals surface area contributed by atoms with Crippen LogP contribution < -0.4 is 10.1 Å². The summed E-state index contributed by atoms with van der Waals surface area (Å²) >= 11 is 0. The summed E-state index contributed by atoms with van der Waals surface area (Å²) in [5, 5.41) is 4.49. The first-order chi connectivity index (χ1) is 10.3. The number of nitrogens with zero attached hydrogens (tertiary/aromatic N) is 2. The van der Waals surface area contributed by atoms with Gasteiger partial charge in [0.05, 0.1) is 19.4 Å². The van der Waals surface area contributed by atoms with Crippen LogP contribution in [0.2, 0.25) is 0 Å². The predicted octanol–water partition coefficient (Wildman–Crippen LogP) is 2.93. The van der Waals surface area contributed by atoms with Gasteiger partial charge in [0, 0.05) is 23.3 Å². The summed E-state index contributed by atoms with van der Waals surface area (Å²) in [5.74, 6) is 0.522. The Morgan fingerprint density at radius 2 is 2.05 bits per heavy atom. The number of para-hydroxylation sites is 1. The molecule has 0 fully saturated rings. The maximum atomic E-state index is 5.64. The van der Waals surface area contributed by atoms with E-state index in [1.807, 2.05) is 24.3 Å². The van der Waals surface area contributed by atoms with Crippen LogP contribution in [0.15, 0.2) is 47.3 Å². The molecule has 0 spiro atoms. The fraction of sp³-hybridized carbons (Fsp3) is 0.250. The fourth-order valence-electron chi connectivity index (χ4n) is 2.47. The highest BCUT2D eigenvalue weighted by Crippen LogP contribution is 2.32. The van der Waals surface area contributed by atoms with Crippen molar-refractivity contribution < 1.29 is 9.15 Å². The molecule has 5 nitrogen and oxygen atoms in total. The van der Waals surface area contributed by atoms with Crippen LogP contribution in [-0.2, 0) is 0 Å². The van der Waals surface area contributed by atoms with E-state index in [0.717, 1.165) is 28.8 Å². The minimum absolute atomic E-state index is 0.123. The molecule has 3 aromatic rings. The molecule has 0 radical (unpaired) electrons. The monoisotopic (exact) mass is 283 g/mol. The highest BCUT2D eigenvalue weighted by atomic mass is 16.5. The van der Waals surface area contributed by atoms with Crippen LogP contribution >= 0.6 is 0 Å². The molecule has 0 saturated carbocycles. The third-order valence-electron chi connectivity index (χ3n) is 3.39. The largest absolute Gasteiger partial charge is 0.480 e. The zero-order chi connectivity index (χ0) is 14.7. The molecule has 5 heteroatoms. The summed E-state index contributed by atoms with van der Waals surface area (Å²) in [6, 6.07) is 7.83. The Labute approximate surface area is 123 Å². The lowest BCUT2D eigenvalue weighted by atomic mass is 10.0. The third kappa shape index (κ3) is 2.48. The topological polar surface area (TPSA) is 60.2 Å². The second-order valence-electron chi connectivity index (χ2n) is 4.63. The number of nitrogens with one attached hydrogen (secondary N) is 1. The van der Waals surface area contributed by atoms with Crippen molar-refractivity contribution in [3.05, 3.63) is 54.2 Å². The summed E-state index contributed by atoms with van der Waals surface area (Å²) in [6.07, 6.45) is 5.06. The van der Waals surface area contributed by atoms with E-state index in [4.69, 9.17) is 9.15 Å². The predicted molar refractivity (Wildman–Crippen MR) is 80.3 cm³/mol. The first-order valence-electron chi connectivity index (χ1n) is 6.89. The summed E-state index contributed by atoms with van der Waals surface area (Å²) in [6.45, 7) is 2.85. The zero-order valence-electron chi connectivity index (χ0n) is 12.0. The number of hydrogen-bond acceptors (Lipinski definition) is 5. The van der Waals surface area contributed by atoms with Crippen LogP contribution in [-0.4, -0.2) is 23.6 Å². The summed E-state index contributed by atoms with van der Waals surface area (Å²) in [7, 11) is 1.60. The van der Waals surface area contributed by atoms with Gasteiger partial charge in [0.15, 0.2) is 0 Å². The molecule has 0 aliphatic rings. The summed E-state index contributed by atoms with van der Waals surface area (Å²) < 4.78 is 11.0. The fourth-order valence-corrected chi connectivity index (χ4v) is 2.47. The van der Waals surface area contributed by atoms with E-state index in [2.05, 4.69) is 22.2 Å². The second kappa shape index (κ2) is 5.93. The molecule has 0 aliphatic carbocycles. The first-order valence-corrected chi connectivity index (χ1v) is 6.89. The quantitative estimate of drug-likeness (QED) is 0.780. The second-order valence-corrected chi connectivity index (χ2v) is 4.63. The van der Waals surface area contributed by atoms with Crippen LogP contribution in [0.3, 0.4) is 0 Å². The Morgan fingerprint density at radius 1 is 1.24 bits per heavy atom. The molecule has 1 unspecified atom stereocenters. The van der Waals surface area contributed by atoms with Gasteiger partial charge in [0.2, 0.25) is 5.88 Å². The van der Waals surface area contributed by atoms with Crippen molar-refractivity contribution in [3.8, 4) is 5.88 Å². The van der Waals surface area contributed by atoms with E-state index < -0.39 is 0 Å². The van der Waals surface area contributed by atoms with E-state index in [0.29, 0.717) is 5.88 Å². The normalized spacial score (nSPS) is 12.5. The molecule has 2 heterocycles. The molecular formula is C16H17N3O2. The summed E-state index contributed by atoms with van der Waals surface area (Å²) in [4.78, 5) is 8.67. The number of rotatable bonds is 5. The van der Waals surface area contributed by atoms with Crippen molar-refractivity contribution >= 4 is 11.0 Å². The number of benzene rings is 1. The molecule has 1 N–H and O–H groups in total. The zero-order valence-corrected chi connectivity index (χ0v) is 12.0. The van der Waals surface area contributed by atoms with Crippen molar-refractivity contribution in [2.45, 2.75) is 13.0 Å². The van der Waals surface area contributed by atoms with Gasteiger partial charge in [-0.2, -0.15) is 0 Å². The van der Waals surface area contributed by atoms with Crippen molar-refractivity contribution in [1.29, 1.82) is 0 Å². The third-order valence-corrected chi connectivity index (χ3v) is 3.39. The molecule has 108 valence electrons. The van der Waals surface area contributed by atoms with Crippen molar-refractivity contribution in [2.75, 3.05) is 13.7 Å². The SMILES string of the molecule is CCNC(c1nccnc1OC)c1coc2ccccc12. The van der Waals surface area contributed by atoms with E-state index >= 15 is 0 Å². The molecular weight excluding hydrogens is 266 g/mol. The minimum atomic E-state index is -0.123. The lowest BCUT2D eigenvalue weighted by molar-refractivity contribution is 0.383. The molecule has 0 bridgehead atoms.